The van der Waals surface area contributed by atoms with Crippen molar-refractivity contribution in [1.29, 1.82) is 0 Å². The number of rotatable bonds is 5. The SMILES string of the molecule is C=CCN1C(=O)NC(c2ccc(F)cc2)C(c2nc(-c3ccc(F)cc3)no2)=C1C. The topological polar surface area (TPSA) is 71.3 Å². The first-order valence-electron chi connectivity index (χ1n) is 9.23. The Kier molecular flexibility index (Phi) is 5.14. The summed E-state index contributed by atoms with van der Waals surface area (Å²) in [5, 5.41) is 6.91. The molecule has 1 N–H and O–H groups in total. The summed E-state index contributed by atoms with van der Waals surface area (Å²) in [4.78, 5) is 18.6. The number of aromatic nitrogens is 2. The van der Waals surface area contributed by atoms with Gasteiger partial charge < -0.3 is 9.84 Å². The standard InChI is InChI=1S/C22H18F2N4O2/c1-3-12-28-13(2)18(19(25-22(28)29)14-4-8-16(23)9-5-14)21-26-20(27-30-21)15-6-10-17(24)11-7-15/h3-11,19H,1,12H2,2H3,(H,25,29). The Bertz CT molecular complexity index is 1120. The van der Waals surface area contributed by atoms with Crippen LogP contribution in [0, 0.1) is 11.6 Å². The van der Waals surface area contributed by atoms with Crippen LogP contribution in [0.25, 0.3) is 17.0 Å². The predicted molar refractivity (Wildman–Crippen MR) is 107 cm³/mol. The molecule has 0 aliphatic carbocycles. The van der Waals surface area contributed by atoms with E-state index < -0.39 is 6.04 Å². The Hall–Kier alpha value is -3.81. The van der Waals surface area contributed by atoms with Crippen molar-refractivity contribution in [1.82, 2.24) is 20.4 Å². The Labute approximate surface area is 171 Å². The molecule has 1 unspecified atom stereocenters. The summed E-state index contributed by atoms with van der Waals surface area (Å²) in [7, 11) is 0. The quantitative estimate of drug-likeness (QED) is 0.622. The van der Waals surface area contributed by atoms with Crippen molar-refractivity contribution in [2.75, 3.05) is 6.54 Å². The van der Waals surface area contributed by atoms with Crippen LogP contribution >= 0.6 is 0 Å². The van der Waals surface area contributed by atoms with E-state index in [1.165, 1.54) is 29.2 Å². The van der Waals surface area contributed by atoms with Gasteiger partial charge in [-0.2, -0.15) is 4.98 Å². The third kappa shape index (κ3) is 3.59. The minimum Gasteiger partial charge on any atom is -0.334 e. The zero-order chi connectivity index (χ0) is 21.3. The molecular formula is C22H18F2N4O2. The van der Waals surface area contributed by atoms with Crippen molar-refractivity contribution in [3.05, 3.63) is 90.0 Å². The van der Waals surface area contributed by atoms with Gasteiger partial charge in [0.05, 0.1) is 11.6 Å². The molecule has 0 radical (unpaired) electrons. The van der Waals surface area contributed by atoms with Gasteiger partial charge in [-0.3, -0.25) is 4.90 Å². The summed E-state index contributed by atoms with van der Waals surface area (Å²) < 4.78 is 32.1. The van der Waals surface area contributed by atoms with E-state index >= 15 is 0 Å². The molecule has 1 aliphatic heterocycles. The molecule has 2 aromatic carbocycles. The van der Waals surface area contributed by atoms with Gasteiger partial charge in [-0.05, 0) is 48.9 Å². The fourth-order valence-corrected chi connectivity index (χ4v) is 3.36. The molecule has 152 valence electrons. The first kappa shape index (κ1) is 19.5. The van der Waals surface area contributed by atoms with Crippen molar-refractivity contribution in [2.45, 2.75) is 13.0 Å². The van der Waals surface area contributed by atoms with E-state index in [-0.39, 0.29) is 35.9 Å². The molecule has 1 aromatic heterocycles. The highest BCUT2D eigenvalue weighted by atomic mass is 19.1. The number of allylic oxidation sites excluding steroid dienone is 1. The van der Waals surface area contributed by atoms with Crippen molar-refractivity contribution >= 4 is 11.6 Å². The molecule has 0 saturated carbocycles. The lowest BCUT2D eigenvalue weighted by molar-refractivity contribution is 0.209. The second-order valence-corrected chi connectivity index (χ2v) is 6.76. The Balaban J connectivity index is 1.81. The van der Waals surface area contributed by atoms with Gasteiger partial charge in [0.2, 0.25) is 5.82 Å². The molecule has 0 spiro atoms. The van der Waals surface area contributed by atoms with Crippen LogP contribution in [0.15, 0.2) is 71.4 Å². The number of hydrogen-bond acceptors (Lipinski definition) is 4. The summed E-state index contributed by atoms with van der Waals surface area (Å²) >= 11 is 0. The lowest BCUT2D eigenvalue weighted by Gasteiger charge is -2.34. The molecule has 0 bridgehead atoms. The molecule has 2 amide bonds. The number of halogens is 2. The number of nitrogens with zero attached hydrogens (tertiary/aromatic N) is 3. The van der Waals surface area contributed by atoms with Crippen LogP contribution in [-0.4, -0.2) is 27.6 Å². The fraction of sp³-hybridized carbons (Fsp3) is 0.136. The van der Waals surface area contributed by atoms with E-state index in [0.717, 1.165) is 0 Å². The number of hydrogen-bond donors (Lipinski definition) is 1. The largest absolute Gasteiger partial charge is 0.334 e. The molecule has 4 rings (SSSR count). The van der Waals surface area contributed by atoms with Gasteiger partial charge in [-0.25, -0.2) is 13.6 Å². The second-order valence-electron chi connectivity index (χ2n) is 6.76. The Morgan fingerprint density at radius 2 is 1.77 bits per heavy atom. The zero-order valence-electron chi connectivity index (χ0n) is 16.1. The van der Waals surface area contributed by atoms with Crippen molar-refractivity contribution < 1.29 is 18.1 Å². The van der Waals surface area contributed by atoms with Gasteiger partial charge in [0.15, 0.2) is 0 Å². The summed E-state index contributed by atoms with van der Waals surface area (Å²) in [6.45, 7) is 5.75. The highest BCUT2D eigenvalue weighted by Crippen LogP contribution is 2.37. The van der Waals surface area contributed by atoms with E-state index in [0.29, 0.717) is 22.4 Å². The zero-order valence-corrected chi connectivity index (χ0v) is 16.1. The van der Waals surface area contributed by atoms with Gasteiger partial charge in [0, 0.05) is 17.8 Å². The van der Waals surface area contributed by atoms with E-state index in [9.17, 15) is 13.6 Å². The van der Waals surface area contributed by atoms with Gasteiger partial charge >= 0.3 is 6.03 Å². The molecule has 30 heavy (non-hydrogen) atoms. The smallest absolute Gasteiger partial charge is 0.322 e. The molecule has 0 fully saturated rings. The lowest BCUT2D eigenvalue weighted by Crippen LogP contribution is -2.46. The van der Waals surface area contributed by atoms with Crippen LogP contribution < -0.4 is 5.32 Å². The van der Waals surface area contributed by atoms with Crippen LogP contribution in [0.5, 0.6) is 0 Å². The number of nitrogens with one attached hydrogen (secondary N) is 1. The van der Waals surface area contributed by atoms with Gasteiger partial charge in [-0.1, -0.05) is 23.4 Å². The monoisotopic (exact) mass is 408 g/mol. The normalized spacial score (nSPS) is 16.6. The molecule has 2 heterocycles. The third-order valence-corrected chi connectivity index (χ3v) is 4.87. The minimum atomic E-state index is -0.610. The highest BCUT2D eigenvalue weighted by molar-refractivity contribution is 5.87. The number of amides is 2. The van der Waals surface area contributed by atoms with Crippen molar-refractivity contribution in [2.24, 2.45) is 0 Å². The maximum Gasteiger partial charge on any atom is 0.322 e. The molecule has 1 atom stereocenters. The summed E-state index contributed by atoms with van der Waals surface area (Å²) in [5.74, 6) is -0.259. The van der Waals surface area contributed by atoms with Crippen LogP contribution in [0.2, 0.25) is 0 Å². The fourth-order valence-electron chi connectivity index (χ4n) is 3.36. The maximum absolute atomic E-state index is 13.4. The number of carbonyl (C=O) groups is 1. The highest BCUT2D eigenvalue weighted by Gasteiger charge is 2.35. The van der Waals surface area contributed by atoms with Crippen LogP contribution in [0.4, 0.5) is 13.6 Å². The van der Waals surface area contributed by atoms with Crippen molar-refractivity contribution in [3.8, 4) is 11.4 Å². The lowest BCUT2D eigenvalue weighted by atomic mass is 9.94. The van der Waals surface area contributed by atoms with Crippen LogP contribution in [-0.2, 0) is 0 Å². The summed E-state index contributed by atoms with van der Waals surface area (Å²) in [6, 6.07) is 10.6. The van der Waals surface area contributed by atoms with E-state index in [2.05, 4.69) is 22.0 Å². The molecule has 8 heteroatoms. The Morgan fingerprint density at radius 1 is 1.13 bits per heavy atom. The average molecular weight is 408 g/mol. The molecule has 6 nitrogen and oxygen atoms in total. The second kappa shape index (κ2) is 7.90. The number of urea groups is 1. The molecular weight excluding hydrogens is 390 g/mol. The van der Waals surface area contributed by atoms with Crippen LogP contribution in [0.3, 0.4) is 0 Å². The van der Waals surface area contributed by atoms with Gasteiger partial charge in [0.1, 0.15) is 11.6 Å². The molecule has 3 aromatic rings. The predicted octanol–water partition coefficient (Wildman–Crippen LogP) is 4.70. The first-order valence-corrected chi connectivity index (χ1v) is 9.23. The summed E-state index contributed by atoms with van der Waals surface area (Å²) in [5.41, 5.74) is 2.45. The van der Waals surface area contributed by atoms with Crippen molar-refractivity contribution in [3.63, 3.8) is 0 Å². The summed E-state index contributed by atoms with van der Waals surface area (Å²) in [6.07, 6.45) is 1.61. The van der Waals surface area contributed by atoms with E-state index in [4.69, 9.17) is 4.52 Å². The maximum atomic E-state index is 13.4. The molecule has 1 aliphatic rings. The average Bonchev–Trinajstić information content (AvgIpc) is 3.21. The number of benzene rings is 2. The van der Waals surface area contributed by atoms with Gasteiger partial charge in [-0.15, -0.1) is 6.58 Å². The third-order valence-electron chi connectivity index (χ3n) is 4.87. The Morgan fingerprint density at radius 3 is 2.40 bits per heavy atom. The van der Waals surface area contributed by atoms with E-state index in [1.54, 1.807) is 37.3 Å². The minimum absolute atomic E-state index is 0.204. The van der Waals surface area contributed by atoms with Gasteiger partial charge in [0.25, 0.3) is 5.89 Å². The molecule has 0 saturated heterocycles. The number of carbonyl (C=O) groups excluding carboxylic acids is 1. The first-order chi connectivity index (χ1) is 14.5. The van der Waals surface area contributed by atoms with E-state index in [1.807, 2.05) is 0 Å². The van der Waals surface area contributed by atoms with Crippen LogP contribution in [0.1, 0.15) is 24.4 Å².